The van der Waals surface area contributed by atoms with Gasteiger partial charge in [0.1, 0.15) is 0 Å². The van der Waals surface area contributed by atoms with Crippen molar-refractivity contribution in [2.75, 3.05) is 42.8 Å². The topological polar surface area (TPSA) is 117 Å². The number of nitrogens with zero attached hydrogens (tertiary/aromatic N) is 4. The largest absolute Gasteiger partial charge is 0.418 e. The standard InChI is InChI=1S/C27H35F3N8O/c1-16-11-19(12-25(17(16)2)38(32)15-23(31)21-14-34-37(6)18(21)3)26(39)35-20-7-8-24(33-9-10-36(4)5)22(13-20)27(28,29)30/h7-8,11-15,33H,9-10,31-32H2,1-6H3,(H,35,39)/b23-15-. The Labute approximate surface area is 226 Å². The molecule has 0 saturated heterocycles. The molecular weight excluding hydrogens is 509 g/mol. The smallest absolute Gasteiger partial charge is 0.397 e. The summed E-state index contributed by atoms with van der Waals surface area (Å²) in [6.45, 7) is 6.44. The molecule has 6 N–H and O–H groups in total. The number of rotatable bonds is 9. The van der Waals surface area contributed by atoms with Crippen molar-refractivity contribution in [3.8, 4) is 0 Å². The van der Waals surface area contributed by atoms with E-state index in [2.05, 4.69) is 15.7 Å². The summed E-state index contributed by atoms with van der Waals surface area (Å²) in [6, 6.07) is 6.89. The first kappa shape index (κ1) is 29.5. The first-order valence-electron chi connectivity index (χ1n) is 12.2. The Morgan fingerprint density at radius 3 is 2.44 bits per heavy atom. The number of anilines is 3. The highest BCUT2D eigenvalue weighted by molar-refractivity contribution is 6.05. The van der Waals surface area contributed by atoms with Gasteiger partial charge in [-0.25, -0.2) is 5.84 Å². The molecule has 2 aromatic carbocycles. The molecule has 0 radical (unpaired) electrons. The van der Waals surface area contributed by atoms with E-state index in [-0.39, 0.29) is 16.9 Å². The highest BCUT2D eigenvalue weighted by Crippen LogP contribution is 2.37. The first-order chi connectivity index (χ1) is 18.2. The molecule has 0 aliphatic rings. The number of alkyl halides is 3. The van der Waals surface area contributed by atoms with Crippen molar-refractivity contribution in [3.05, 3.63) is 76.2 Å². The summed E-state index contributed by atoms with van der Waals surface area (Å²) in [6.07, 6.45) is -1.44. The van der Waals surface area contributed by atoms with Crippen molar-refractivity contribution in [2.45, 2.75) is 26.9 Å². The average molecular weight is 545 g/mol. The quantitative estimate of drug-likeness (QED) is 0.235. The molecule has 12 heteroatoms. The van der Waals surface area contributed by atoms with Gasteiger partial charge in [-0.05, 0) is 76.3 Å². The Kier molecular flexibility index (Phi) is 8.92. The number of amides is 1. The van der Waals surface area contributed by atoms with Gasteiger partial charge in [0.2, 0.25) is 0 Å². The van der Waals surface area contributed by atoms with Gasteiger partial charge in [-0.1, -0.05) is 0 Å². The summed E-state index contributed by atoms with van der Waals surface area (Å²) in [7, 11) is 5.47. The van der Waals surface area contributed by atoms with Crippen LogP contribution in [0.15, 0.2) is 42.7 Å². The molecule has 0 aliphatic carbocycles. The second-order valence-electron chi connectivity index (χ2n) is 9.64. The van der Waals surface area contributed by atoms with Crippen LogP contribution in [0.5, 0.6) is 0 Å². The Bertz CT molecular complexity index is 1380. The Morgan fingerprint density at radius 2 is 1.85 bits per heavy atom. The fourth-order valence-electron chi connectivity index (χ4n) is 3.94. The maximum absolute atomic E-state index is 13.8. The molecule has 3 aromatic rings. The fourth-order valence-corrected chi connectivity index (χ4v) is 3.94. The molecule has 9 nitrogen and oxygen atoms in total. The van der Waals surface area contributed by atoms with E-state index in [1.54, 1.807) is 30.1 Å². The number of hydrazine groups is 1. The lowest BCUT2D eigenvalue weighted by Gasteiger charge is -2.21. The number of hydrogen-bond acceptors (Lipinski definition) is 7. The molecule has 0 atom stereocenters. The van der Waals surface area contributed by atoms with Gasteiger partial charge >= 0.3 is 6.18 Å². The summed E-state index contributed by atoms with van der Waals surface area (Å²) in [4.78, 5) is 15.0. The lowest BCUT2D eigenvalue weighted by Crippen LogP contribution is -2.27. The van der Waals surface area contributed by atoms with Crippen LogP contribution in [-0.2, 0) is 13.2 Å². The molecule has 1 amide bonds. The van der Waals surface area contributed by atoms with Crippen LogP contribution in [0, 0.1) is 20.8 Å². The van der Waals surface area contributed by atoms with E-state index in [1.807, 2.05) is 39.8 Å². The zero-order valence-electron chi connectivity index (χ0n) is 22.9. The summed E-state index contributed by atoms with van der Waals surface area (Å²) in [5, 5.41) is 10.9. The number of carbonyl (C=O) groups is 1. The van der Waals surface area contributed by atoms with Crippen LogP contribution < -0.4 is 27.2 Å². The van der Waals surface area contributed by atoms with Crippen LogP contribution in [0.4, 0.5) is 30.2 Å². The predicted molar refractivity (Wildman–Crippen MR) is 149 cm³/mol. The summed E-state index contributed by atoms with van der Waals surface area (Å²) in [5.74, 6) is 5.73. The number of likely N-dealkylation sites (N-methyl/N-ethyl adjacent to an activating group) is 1. The lowest BCUT2D eigenvalue weighted by molar-refractivity contribution is -0.136. The van der Waals surface area contributed by atoms with Gasteiger partial charge in [0.05, 0.1) is 23.1 Å². The first-order valence-corrected chi connectivity index (χ1v) is 12.2. The zero-order valence-corrected chi connectivity index (χ0v) is 22.9. The third-order valence-corrected chi connectivity index (χ3v) is 6.46. The van der Waals surface area contributed by atoms with E-state index < -0.39 is 17.6 Å². The molecule has 210 valence electrons. The highest BCUT2D eigenvalue weighted by Gasteiger charge is 2.34. The molecule has 1 heterocycles. The molecule has 0 spiro atoms. The van der Waals surface area contributed by atoms with E-state index in [4.69, 9.17) is 11.6 Å². The monoisotopic (exact) mass is 544 g/mol. The van der Waals surface area contributed by atoms with Gasteiger partial charge in [0, 0.05) is 54.5 Å². The van der Waals surface area contributed by atoms with E-state index in [0.29, 0.717) is 24.5 Å². The van der Waals surface area contributed by atoms with E-state index >= 15 is 0 Å². The maximum Gasteiger partial charge on any atom is 0.418 e. The van der Waals surface area contributed by atoms with Crippen LogP contribution in [-0.4, -0.2) is 47.8 Å². The normalized spacial score (nSPS) is 12.1. The van der Waals surface area contributed by atoms with Crippen molar-refractivity contribution in [2.24, 2.45) is 18.6 Å². The number of aromatic nitrogens is 2. The number of aryl methyl sites for hydroxylation is 2. The van der Waals surface area contributed by atoms with Crippen molar-refractivity contribution in [3.63, 3.8) is 0 Å². The molecular formula is C27H35F3N8O. The minimum atomic E-state index is -4.60. The second kappa shape index (κ2) is 11.8. The minimum Gasteiger partial charge on any atom is -0.397 e. The zero-order chi connectivity index (χ0) is 29.1. The number of halogens is 3. The molecule has 0 unspecified atom stereocenters. The van der Waals surface area contributed by atoms with Crippen molar-refractivity contribution < 1.29 is 18.0 Å². The Morgan fingerprint density at radius 1 is 1.15 bits per heavy atom. The number of nitrogens with two attached hydrogens (primary N) is 2. The van der Waals surface area contributed by atoms with Gasteiger partial charge in [0.15, 0.2) is 0 Å². The minimum absolute atomic E-state index is 0.0195. The third-order valence-electron chi connectivity index (χ3n) is 6.46. The van der Waals surface area contributed by atoms with Crippen molar-refractivity contribution >= 4 is 28.7 Å². The van der Waals surface area contributed by atoms with E-state index in [1.165, 1.54) is 23.3 Å². The average Bonchev–Trinajstić information content (AvgIpc) is 3.18. The van der Waals surface area contributed by atoms with Gasteiger partial charge < -0.3 is 21.3 Å². The Balaban J connectivity index is 1.87. The summed E-state index contributed by atoms with van der Waals surface area (Å²) < 4.78 is 43.0. The molecule has 0 fully saturated rings. The van der Waals surface area contributed by atoms with Gasteiger partial charge in [-0.15, -0.1) is 0 Å². The third kappa shape index (κ3) is 7.09. The van der Waals surface area contributed by atoms with Crippen molar-refractivity contribution in [1.82, 2.24) is 14.7 Å². The molecule has 3 rings (SSSR count). The molecule has 1 aromatic heterocycles. The fraction of sp³-hybridized carbons (Fsp3) is 0.333. The van der Waals surface area contributed by atoms with Crippen LogP contribution >= 0.6 is 0 Å². The van der Waals surface area contributed by atoms with E-state index in [9.17, 15) is 18.0 Å². The number of hydrogen-bond donors (Lipinski definition) is 4. The van der Waals surface area contributed by atoms with Gasteiger partial charge in [-0.2, -0.15) is 18.3 Å². The second-order valence-corrected chi connectivity index (χ2v) is 9.64. The maximum atomic E-state index is 13.8. The van der Waals surface area contributed by atoms with Crippen LogP contribution in [0.2, 0.25) is 0 Å². The number of nitrogens with one attached hydrogen (secondary N) is 2. The predicted octanol–water partition coefficient (Wildman–Crippen LogP) is 4.23. The molecule has 0 aliphatic heterocycles. The highest BCUT2D eigenvalue weighted by atomic mass is 19.4. The molecule has 0 saturated carbocycles. The molecule has 0 bridgehead atoms. The number of benzene rings is 2. The SMILES string of the molecule is Cc1cc(C(=O)Nc2ccc(NCCN(C)C)c(C(F)(F)F)c2)cc(N(N)/C=C(\N)c2cnn(C)c2C)c1C. The number of carbonyl (C=O) groups excluding carboxylic acids is 1. The summed E-state index contributed by atoms with van der Waals surface area (Å²) >= 11 is 0. The van der Waals surface area contributed by atoms with Gasteiger partial charge in [0.25, 0.3) is 5.91 Å². The van der Waals surface area contributed by atoms with Crippen molar-refractivity contribution in [1.29, 1.82) is 0 Å². The molecule has 39 heavy (non-hydrogen) atoms. The Hall–Kier alpha value is -4.03. The van der Waals surface area contributed by atoms with Crippen LogP contribution in [0.1, 0.15) is 38.3 Å². The summed E-state index contributed by atoms with van der Waals surface area (Å²) in [5.41, 5.74) is 9.65. The lowest BCUT2D eigenvalue weighted by atomic mass is 10.0. The van der Waals surface area contributed by atoms with Crippen LogP contribution in [0.3, 0.4) is 0 Å². The van der Waals surface area contributed by atoms with Crippen LogP contribution in [0.25, 0.3) is 5.70 Å². The van der Waals surface area contributed by atoms with E-state index in [0.717, 1.165) is 28.5 Å². The van der Waals surface area contributed by atoms with Gasteiger partial charge in [-0.3, -0.25) is 14.5 Å².